The van der Waals surface area contributed by atoms with Crippen LogP contribution in [0, 0.1) is 19.8 Å². The van der Waals surface area contributed by atoms with Crippen molar-refractivity contribution >= 4 is 50.9 Å². The van der Waals surface area contributed by atoms with Crippen LogP contribution in [0.25, 0.3) is 0 Å². The molecular formula is C24H26BrN7O2. The minimum atomic E-state index is -0.370. The van der Waals surface area contributed by atoms with Crippen LogP contribution in [0.5, 0.6) is 0 Å². The Morgan fingerprint density at radius 2 is 1.91 bits per heavy atom. The molecule has 10 heteroatoms. The summed E-state index contributed by atoms with van der Waals surface area (Å²) in [6.07, 6.45) is 1.95. The fourth-order valence-electron chi connectivity index (χ4n) is 3.76. The molecule has 3 heterocycles. The molecule has 1 fully saturated rings. The highest BCUT2D eigenvalue weighted by molar-refractivity contribution is 9.10. The molecule has 176 valence electrons. The fraction of sp³-hybridized carbons (Fsp3) is 0.292. The van der Waals surface area contributed by atoms with E-state index in [9.17, 15) is 9.59 Å². The van der Waals surface area contributed by atoms with Crippen molar-refractivity contribution in [3.8, 4) is 0 Å². The maximum Gasteiger partial charge on any atom is 0.227 e. The van der Waals surface area contributed by atoms with Crippen LogP contribution in [-0.2, 0) is 9.59 Å². The summed E-state index contributed by atoms with van der Waals surface area (Å²) >= 11 is 3.42. The Morgan fingerprint density at radius 3 is 2.71 bits per heavy atom. The number of rotatable bonds is 8. The summed E-state index contributed by atoms with van der Waals surface area (Å²) < 4.78 is 0.894. The molecule has 1 unspecified atom stereocenters. The van der Waals surface area contributed by atoms with Gasteiger partial charge in [0.2, 0.25) is 11.8 Å². The smallest absolute Gasteiger partial charge is 0.227 e. The van der Waals surface area contributed by atoms with E-state index in [1.807, 2.05) is 50.2 Å². The van der Waals surface area contributed by atoms with Crippen LogP contribution in [0.4, 0.5) is 23.1 Å². The van der Waals surface area contributed by atoms with Crippen molar-refractivity contribution in [1.29, 1.82) is 0 Å². The molecule has 2 amide bonds. The van der Waals surface area contributed by atoms with Crippen molar-refractivity contribution in [2.45, 2.75) is 20.3 Å². The minimum absolute atomic E-state index is 0.0454. The topological polar surface area (TPSA) is 112 Å². The standard InChI is InChI=1S/C24H26BrN7O2/c1-15-6-7-26-20(10-15)31-22-13-21(29-16(2)30-22)27-8-9-28-24(34)17-11-23(33)32(14-17)19-5-3-4-18(25)12-19/h3-7,10,12-13,17H,8-9,11,14H2,1-2H3,(H,28,34)(H2,26,27,29,30,31). The number of aryl methyl sites for hydroxylation is 2. The molecule has 4 rings (SSSR count). The van der Waals surface area contributed by atoms with Crippen LogP contribution in [-0.4, -0.2) is 46.4 Å². The normalized spacial score (nSPS) is 15.3. The summed E-state index contributed by atoms with van der Waals surface area (Å²) in [4.78, 5) is 39.8. The Balaban J connectivity index is 1.27. The van der Waals surface area contributed by atoms with Crippen LogP contribution in [0.2, 0.25) is 0 Å². The van der Waals surface area contributed by atoms with Gasteiger partial charge in [-0.3, -0.25) is 9.59 Å². The van der Waals surface area contributed by atoms with Crippen LogP contribution >= 0.6 is 15.9 Å². The van der Waals surface area contributed by atoms with Gasteiger partial charge in [0.25, 0.3) is 0 Å². The first-order valence-electron chi connectivity index (χ1n) is 11.0. The number of aromatic nitrogens is 3. The van der Waals surface area contributed by atoms with E-state index in [4.69, 9.17) is 0 Å². The van der Waals surface area contributed by atoms with Crippen LogP contribution < -0.4 is 20.9 Å². The molecule has 3 N–H and O–H groups in total. The summed E-state index contributed by atoms with van der Waals surface area (Å²) in [5, 5.41) is 9.31. The summed E-state index contributed by atoms with van der Waals surface area (Å²) in [5.41, 5.74) is 1.89. The number of hydrogen-bond donors (Lipinski definition) is 3. The molecule has 9 nitrogen and oxygen atoms in total. The van der Waals surface area contributed by atoms with Gasteiger partial charge in [-0.15, -0.1) is 0 Å². The average molecular weight is 524 g/mol. The lowest BCUT2D eigenvalue weighted by Gasteiger charge is -2.17. The van der Waals surface area contributed by atoms with Gasteiger partial charge >= 0.3 is 0 Å². The highest BCUT2D eigenvalue weighted by Gasteiger charge is 2.34. The number of carbonyl (C=O) groups is 2. The first-order chi connectivity index (χ1) is 16.4. The molecule has 3 aromatic rings. The zero-order valence-corrected chi connectivity index (χ0v) is 20.6. The second kappa shape index (κ2) is 10.6. The van der Waals surface area contributed by atoms with Crippen LogP contribution in [0.15, 0.2) is 53.1 Å². The fourth-order valence-corrected chi connectivity index (χ4v) is 4.14. The highest BCUT2D eigenvalue weighted by Crippen LogP contribution is 2.27. The summed E-state index contributed by atoms with van der Waals surface area (Å²) in [6.45, 7) is 5.09. The number of amides is 2. The van der Waals surface area contributed by atoms with Crippen molar-refractivity contribution in [1.82, 2.24) is 20.3 Å². The zero-order chi connectivity index (χ0) is 24.1. The molecule has 0 saturated carbocycles. The second-order valence-electron chi connectivity index (χ2n) is 8.13. The monoisotopic (exact) mass is 523 g/mol. The Labute approximate surface area is 206 Å². The van der Waals surface area contributed by atoms with E-state index in [0.717, 1.165) is 15.7 Å². The molecule has 0 spiro atoms. The summed E-state index contributed by atoms with van der Waals surface area (Å²) in [5.74, 6) is 2.06. The maximum absolute atomic E-state index is 12.6. The largest absolute Gasteiger partial charge is 0.368 e. The number of anilines is 4. The molecule has 34 heavy (non-hydrogen) atoms. The van der Waals surface area contributed by atoms with E-state index in [0.29, 0.717) is 42.9 Å². The molecule has 1 aromatic carbocycles. The van der Waals surface area contributed by atoms with Gasteiger partial charge < -0.3 is 20.9 Å². The zero-order valence-electron chi connectivity index (χ0n) is 19.0. The van der Waals surface area contributed by atoms with Crippen molar-refractivity contribution in [3.05, 3.63) is 64.5 Å². The maximum atomic E-state index is 12.6. The van der Waals surface area contributed by atoms with E-state index < -0.39 is 0 Å². The SMILES string of the molecule is Cc1ccnc(Nc2cc(NCCNC(=O)C3CC(=O)N(c4cccc(Br)c4)C3)nc(C)n2)c1. The second-order valence-corrected chi connectivity index (χ2v) is 9.05. The number of nitrogens with one attached hydrogen (secondary N) is 3. The predicted molar refractivity (Wildman–Crippen MR) is 135 cm³/mol. The first kappa shape index (κ1) is 23.6. The Morgan fingerprint density at radius 1 is 1.09 bits per heavy atom. The van der Waals surface area contributed by atoms with Gasteiger partial charge in [-0.1, -0.05) is 22.0 Å². The number of hydrogen-bond acceptors (Lipinski definition) is 7. The Kier molecular flexibility index (Phi) is 7.36. The molecule has 2 aromatic heterocycles. The lowest BCUT2D eigenvalue weighted by molar-refractivity contribution is -0.126. The third-order valence-corrected chi connectivity index (χ3v) is 5.85. The van der Waals surface area contributed by atoms with E-state index in [-0.39, 0.29) is 24.2 Å². The van der Waals surface area contributed by atoms with Gasteiger partial charge in [0, 0.05) is 48.5 Å². The van der Waals surface area contributed by atoms with Crippen molar-refractivity contribution < 1.29 is 9.59 Å². The van der Waals surface area contributed by atoms with Gasteiger partial charge in [-0.25, -0.2) is 15.0 Å². The molecule has 1 saturated heterocycles. The molecule has 0 aliphatic carbocycles. The molecule has 1 aliphatic rings. The Hall–Kier alpha value is -3.53. The highest BCUT2D eigenvalue weighted by atomic mass is 79.9. The van der Waals surface area contributed by atoms with Crippen LogP contribution in [0.1, 0.15) is 17.8 Å². The molecule has 1 aliphatic heterocycles. The van der Waals surface area contributed by atoms with Crippen molar-refractivity contribution in [2.75, 3.05) is 35.2 Å². The number of pyridine rings is 1. The summed E-state index contributed by atoms with van der Waals surface area (Å²) in [6, 6.07) is 13.2. The van der Waals surface area contributed by atoms with E-state index >= 15 is 0 Å². The lowest BCUT2D eigenvalue weighted by atomic mass is 10.1. The predicted octanol–water partition coefficient (Wildman–Crippen LogP) is 3.58. The molecule has 0 bridgehead atoms. The molecule has 0 radical (unpaired) electrons. The third kappa shape index (κ3) is 6.07. The van der Waals surface area contributed by atoms with Gasteiger partial charge in [-0.05, 0) is 49.7 Å². The van der Waals surface area contributed by atoms with Crippen molar-refractivity contribution in [2.24, 2.45) is 5.92 Å². The third-order valence-electron chi connectivity index (χ3n) is 5.36. The van der Waals surface area contributed by atoms with Crippen molar-refractivity contribution in [3.63, 3.8) is 0 Å². The lowest BCUT2D eigenvalue weighted by Crippen LogP contribution is -2.35. The van der Waals surface area contributed by atoms with Gasteiger partial charge in [0.05, 0.1) is 5.92 Å². The summed E-state index contributed by atoms with van der Waals surface area (Å²) in [7, 11) is 0. The van der Waals surface area contributed by atoms with Crippen LogP contribution in [0.3, 0.4) is 0 Å². The quantitative estimate of drug-likeness (QED) is 0.387. The minimum Gasteiger partial charge on any atom is -0.368 e. The van der Waals surface area contributed by atoms with E-state index in [1.54, 1.807) is 17.2 Å². The van der Waals surface area contributed by atoms with E-state index in [1.165, 1.54) is 0 Å². The number of nitrogens with zero attached hydrogens (tertiary/aromatic N) is 4. The number of carbonyl (C=O) groups excluding carboxylic acids is 2. The van der Waals surface area contributed by atoms with Gasteiger partial charge in [0.1, 0.15) is 23.3 Å². The average Bonchev–Trinajstić information content (AvgIpc) is 3.18. The molecular weight excluding hydrogens is 498 g/mol. The molecule has 1 atom stereocenters. The van der Waals surface area contributed by atoms with Gasteiger partial charge in [-0.2, -0.15) is 0 Å². The Bertz CT molecular complexity index is 1200. The van der Waals surface area contributed by atoms with Gasteiger partial charge in [0.15, 0.2) is 0 Å². The number of benzene rings is 1. The van der Waals surface area contributed by atoms with E-state index in [2.05, 4.69) is 46.8 Å². The first-order valence-corrected chi connectivity index (χ1v) is 11.8. The number of halogens is 1.